The predicted octanol–water partition coefficient (Wildman–Crippen LogP) is 0.0515. The highest BCUT2D eigenvalue weighted by Crippen LogP contribution is 2.25. The van der Waals surface area contributed by atoms with Crippen molar-refractivity contribution in [3.8, 4) is 0 Å². The number of ether oxygens (including phenoxy) is 1. The fourth-order valence-corrected chi connectivity index (χ4v) is 2.07. The van der Waals surface area contributed by atoms with E-state index in [1.165, 1.54) is 18.9 Å². The second-order valence-electron chi connectivity index (χ2n) is 3.50. The Kier molecular flexibility index (Phi) is 3.98. The minimum absolute atomic E-state index is 0.0253. The molecule has 1 rings (SSSR count). The quantitative estimate of drug-likeness (QED) is 0.743. The molecule has 6 heteroatoms. The van der Waals surface area contributed by atoms with Crippen molar-refractivity contribution < 1.29 is 19.4 Å². The molecule has 1 N–H and O–H groups in total. The second-order valence-corrected chi connectivity index (χ2v) is 4.37. The van der Waals surface area contributed by atoms with E-state index in [0.717, 1.165) is 0 Å². The van der Waals surface area contributed by atoms with Gasteiger partial charge in [0, 0.05) is 20.1 Å². The number of methoxy groups -OCH3 is 1. The second kappa shape index (κ2) is 4.85. The third-order valence-corrected chi connectivity index (χ3v) is 3.17. The summed E-state index contributed by atoms with van der Waals surface area (Å²) in [5.41, 5.74) is -1.20. The maximum Gasteiger partial charge on any atom is 0.337 e. The Labute approximate surface area is 92.8 Å². The van der Waals surface area contributed by atoms with Gasteiger partial charge >= 0.3 is 5.97 Å². The largest absolute Gasteiger partial charge is 0.479 e. The van der Waals surface area contributed by atoms with Crippen LogP contribution in [0.2, 0.25) is 0 Å². The van der Waals surface area contributed by atoms with E-state index in [4.69, 9.17) is 9.84 Å². The first-order valence-corrected chi connectivity index (χ1v) is 6.00. The van der Waals surface area contributed by atoms with Crippen molar-refractivity contribution in [2.24, 2.45) is 0 Å². The summed E-state index contributed by atoms with van der Waals surface area (Å²) in [4.78, 5) is 24.1. The SMILES string of the molecule is COC1(C(=O)O)CCN(C(=O)CSC)C1. The maximum absolute atomic E-state index is 11.5. The van der Waals surface area contributed by atoms with E-state index in [0.29, 0.717) is 18.7 Å². The number of carboxylic acids is 1. The molecular weight excluding hydrogens is 218 g/mol. The van der Waals surface area contributed by atoms with Gasteiger partial charge in [-0.1, -0.05) is 0 Å². The summed E-state index contributed by atoms with van der Waals surface area (Å²) in [6, 6.07) is 0. The molecule has 1 unspecified atom stereocenters. The molecule has 0 radical (unpaired) electrons. The Morgan fingerprint density at radius 3 is 2.67 bits per heavy atom. The molecule has 0 aromatic carbocycles. The van der Waals surface area contributed by atoms with Crippen molar-refractivity contribution in [2.75, 3.05) is 32.2 Å². The lowest BCUT2D eigenvalue weighted by Gasteiger charge is -2.22. The minimum Gasteiger partial charge on any atom is -0.479 e. The third-order valence-electron chi connectivity index (χ3n) is 2.63. The molecule has 5 nitrogen and oxygen atoms in total. The Balaban J connectivity index is 2.64. The van der Waals surface area contributed by atoms with Crippen LogP contribution in [0.1, 0.15) is 6.42 Å². The monoisotopic (exact) mass is 233 g/mol. The molecule has 86 valence electrons. The Morgan fingerprint density at radius 1 is 1.60 bits per heavy atom. The average molecular weight is 233 g/mol. The van der Waals surface area contributed by atoms with Crippen LogP contribution in [0.4, 0.5) is 0 Å². The minimum atomic E-state index is -1.20. The molecular formula is C9H15NO4S. The lowest BCUT2D eigenvalue weighted by Crippen LogP contribution is -2.44. The van der Waals surface area contributed by atoms with Crippen molar-refractivity contribution in [3.05, 3.63) is 0 Å². The Morgan fingerprint density at radius 2 is 2.27 bits per heavy atom. The van der Waals surface area contributed by atoms with Gasteiger partial charge in [0.05, 0.1) is 12.3 Å². The predicted molar refractivity (Wildman–Crippen MR) is 57.0 cm³/mol. The lowest BCUT2D eigenvalue weighted by molar-refractivity contribution is -0.160. The van der Waals surface area contributed by atoms with Crippen LogP contribution in [0.5, 0.6) is 0 Å². The van der Waals surface area contributed by atoms with Crippen molar-refractivity contribution in [2.45, 2.75) is 12.0 Å². The molecule has 1 fully saturated rings. The first kappa shape index (κ1) is 12.3. The van der Waals surface area contributed by atoms with Gasteiger partial charge in [-0.25, -0.2) is 4.79 Å². The standard InChI is InChI=1S/C9H15NO4S/c1-14-9(8(12)13)3-4-10(6-9)7(11)5-15-2/h3-6H2,1-2H3,(H,12,13). The number of carboxylic acid groups (broad SMARTS) is 1. The zero-order chi connectivity index (χ0) is 11.5. The van der Waals surface area contributed by atoms with Crippen molar-refractivity contribution >= 4 is 23.6 Å². The van der Waals surface area contributed by atoms with Crippen LogP contribution in [0.25, 0.3) is 0 Å². The zero-order valence-electron chi connectivity index (χ0n) is 8.86. The van der Waals surface area contributed by atoms with Crippen LogP contribution in [0, 0.1) is 0 Å². The van der Waals surface area contributed by atoms with E-state index < -0.39 is 11.6 Å². The van der Waals surface area contributed by atoms with Gasteiger partial charge in [-0.2, -0.15) is 11.8 Å². The number of thioether (sulfide) groups is 1. The van der Waals surface area contributed by atoms with Gasteiger partial charge < -0.3 is 14.7 Å². The summed E-state index contributed by atoms with van der Waals surface area (Å²) in [5, 5.41) is 9.03. The topological polar surface area (TPSA) is 66.8 Å². The van der Waals surface area contributed by atoms with Crippen LogP contribution in [-0.4, -0.2) is 59.7 Å². The highest BCUT2D eigenvalue weighted by Gasteiger charge is 2.46. The summed E-state index contributed by atoms with van der Waals surface area (Å²) in [6.45, 7) is 0.609. The van der Waals surface area contributed by atoms with Crippen LogP contribution in [0.3, 0.4) is 0 Å². The molecule has 1 aliphatic rings. The number of rotatable bonds is 4. The Hall–Kier alpha value is -0.750. The summed E-state index contributed by atoms with van der Waals surface area (Å²) in [6.07, 6.45) is 2.20. The van der Waals surface area contributed by atoms with Crippen molar-refractivity contribution in [1.29, 1.82) is 0 Å². The van der Waals surface area contributed by atoms with Crippen molar-refractivity contribution in [3.63, 3.8) is 0 Å². The zero-order valence-corrected chi connectivity index (χ0v) is 9.67. The summed E-state index contributed by atoms with van der Waals surface area (Å²) in [7, 11) is 1.37. The highest BCUT2D eigenvalue weighted by atomic mass is 32.2. The fourth-order valence-electron chi connectivity index (χ4n) is 1.64. The fraction of sp³-hybridized carbons (Fsp3) is 0.778. The van der Waals surface area contributed by atoms with Gasteiger partial charge in [-0.3, -0.25) is 4.79 Å². The number of aliphatic carboxylic acids is 1. The molecule has 0 spiro atoms. The number of nitrogens with zero attached hydrogens (tertiary/aromatic N) is 1. The van der Waals surface area contributed by atoms with E-state index in [9.17, 15) is 9.59 Å². The number of carbonyl (C=O) groups excluding carboxylic acids is 1. The van der Waals surface area contributed by atoms with E-state index in [1.807, 2.05) is 6.26 Å². The molecule has 0 aromatic heterocycles. The maximum atomic E-state index is 11.5. The molecule has 0 aromatic rings. The summed E-state index contributed by atoms with van der Waals surface area (Å²) >= 11 is 1.43. The van der Waals surface area contributed by atoms with E-state index in [1.54, 1.807) is 4.90 Å². The first-order valence-electron chi connectivity index (χ1n) is 4.61. The molecule has 1 atom stereocenters. The smallest absolute Gasteiger partial charge is 0.337 e. The molecule has 1 aliphatic heterocycles. The summed E-state index contributed by atoms with van der Waals surface area (Å²) < 4.78 is 5.02. The van der Waals surface area contributed by atoms with Gasteiger partial charge in [-0.05, 0) is 6.26 Å². The molecule has 15 heavy (non-hydrogen) atoms. The van der Waals surface area contributed by atoms with E-state index >= 15 is 0 Å². The molecule has 1 amide bonds. The third kappa shape index (κ3) is 2.43. The number of likely N-dealkylation sites (tertiary alicyclic amines) is 1. The van der Waals surface area contributed by atoms with E-state index in [-0.39, 0.29) is 12.5 Å². The van der Waals surface area contributed by atoms with Gasteiger partial charge in [-0.15, -0.1) is 0 Å². The molecule has 0 aliphatic carbocycles. The first-order chi connectivity index (χ1) is 7.05. The van der Waals surface area contributed by atoms with Gasteiger partial charge in [0.15, 0.2) is 5.60 Å². The highest BCUT2D eigenvalue weighted by molar-refractivity contribution is 7.99. The number of hydrogen-bond acceptors (Lipinski definition) is 4. The molecule has 0 bridgehead atoms. The van der Waals surface area contributed by atoms with Crippen LogP contribution < -0.4 is 0 Å². The molecule has 0 saturated carbocycles. The molecule has 1 saturated heterocycles. The van der Waals surface area contributed by atoms with Crippen LogP contribution >= 0.6 is 11.8 Å². The van der Waals surface area contributed by atoms with Gasteiger partial charge in [0.25, 0.3) is 0 Å². The normalized spacial score (nSPS) is 25.6. The number of carbonyl (C=O) groups is 2. The average Bonchev–Trinajstić information content (AvgIpc) is 2.63. The van der Waals surface area contributed by atoms with E-state index in [2.05, 4.69) is 0 Å². The number of amides is 1. The lowest BCUT2D eigenvalue weighted by atomic mass is 10.0. The van der Waals surface area contributed by atoms with Crippen LogP contribution in [-0.2, 0) is 14.3 Å². The van der Waals surface area contributed by atoms with Gasteiger partial charge in [0.1, 0.15) is 0 Å². The Bertz CT molecular complexity index is 271. The van der Waals surface area contributed by atoms with Crippen LogP contribution in [0.15, 0.2) is 0 Å². The summed E-state index contributed by atoms with van der Waals surface area (Å²) in [5.74, 6) is -0.633. The van der Waals surface area contributed by atoms with Crippen molar-refractivity contribution in [1.82, 2.24) is 4.90 Å². The van der Waals surface area contributed by atoms with Gasteiger partial charge in [0.2, 0.25) is 5.91 Å². The molecule has 1 heterocycles. The number of hydrogen-bond donors (Lipinski definition) is 1.